The van der Waals surface area contributed by atoms with Gasteiger partial charge < -0.3 is 18.6 Å². The number of fused-ring (bicyclic) bond motifs is 1. The molecule has 0 unspecified atom stereocenters. The van der Waals surface area contributed by atoms with Crippen LogP contribution in [0.15, 0.2) is 81.7 Å². The van der Waals surface area contributed by atoms with Crippen molar-refractivity contribution < 1.29 is 28.2 Å². The highest BCUT2D eigenvalue weighted by Crippen LogP contribution is 2.35. The van der Waals surface area contributed by atoms with Crippen LogP contribution in [0.5, 0.6) is 17.2 Å². The molecule has 0 saturated heterocycles. The summed E-state index contributed by atoms with van der Waals surface area (Å²) in [6, 6.07) is 21.3. The lowest BCUT2D eigenvalue weighted by Crippen LogP contribution is -2.14. The van der Waals surface area contributed by atoms with Crippen LogP contribution in [0, 0.1) is 0 Å². The summed E-state index contributed by atoms with van der Waals surface area (Å²) < 4.78 is 22.5. The Labute approximate surface area is 192 Å². The van der Waals surface area contributed by atoms with Gasteiger partial charge in [-0.3, -0.25) is 4.79 Å². The first-order valence-electron chi connectivity index (χ1n) is 9.93. The number of halogens is 1. The van der Waals surface area contributed by atoms with Gasteiger partial charge in [-0.2, -0.15) is 0 Å². The molecule has 0 radical (unpaired) electrons. The van der Waals surface area contributed by atoms with Crippen molar-refractivity contribution >= 4 is 38.7 Å². The number of carbonyl (C=O) groups is 2. The van der Waals surface area contributed by atoms with Gasteiger partial charge in [-0.1, -0.05) is 18.2 Å². The molecule has 0 aliphatic rings. The minimum Gasteiger partial charge on any atom is -0.481 e. The summed E-state index contributed by atoms with van der Waals surface area (Å²) in [5.41, 5.74) is 0.993. The number of ether oxygens (including phenoxy) is 3. The van der Waals surface area contributed by atoms with E-state index in [1.54, 1.807) is 49.4 Å². The second kappa shape index (κ2) is 9.70. The van der Waals surface area contributed by atoms with Crippen LogP contribution in [0.25, 0.3) is 11.0 Å². The van der Waals surface area contributed by atoms with Crippen LogP contribution in [-0.4, -0.2) is 25.0 Å². The van der Waals surface area contributed by atoms with Gasteiger partial charge in [0.1, 0.15) is 22.8 Å². The Bertz CT molecular complexity index is 1240. The van der Waals surface area contributed by atoms with Crippen LogP contribution >= 0.6 is 15.9 Å². The Hall–Kier alpha value is -3.58. The molecule has 0 fully saturated rings. The van der Waals surface area contributed by atoms with Crippen molar-refractivity contribution in [3.05, 3.63) is 88.6 Å². The van der Waals surface area contributed by atoms with E-state index in [9.17, 15) is 9.59 Å². The minimum atomic E-state index is -0.456. The van der Waals surface area contributed by atoms with Gasteiger partial charge in [-0.25, -0.2) is 4.79 Å². The van der Waals surface area contributed by atoms with Gasteiger partial charge >= 0.3 is 5.97 Å². The van der Waals surface area contributed by atoms with Gasteiger partial charge in [0.15, 0.2) is 12.4 Å². The molecule has 162 valence electrons. The second-order valence-corrected chi connectivity index (χ2v) is 7.56. The summed E-state index contributed by atoms with van der Waals surface area (Å²) in [6.07, 6.45) is 0. The molecule has 1 aromatic heterocycles. The zero-order valence-corrected chi connectivity index (χ0v) is 18.8. The Morgan fingerprint density at radius 1 is 0.938 bits per heavy atom. The van der Waals surface area contributed by atoms with E-state index in [1.165, 1.54) is 0 Å². The predicted octanol–water partition coefficient (Wildman–Crippen LogP) is 6.16. The highest BCUT2D eigenvalue weighted by molar-refractivity contribution is 9.10. The molecule has 0 aliphatic heterocycles. The fourth-order valence-corrected chi connectivity index (χ4v) is 3.62. The molecule has 0 amide bonds. The maximum atomic E-state index is 12.9. The number of carbonyl (C=O) groups excluding carboxylic acids is 2. The lowest BCUT2D eigenvalue weighted by Gasteiger charge is -2.07. The van der Waals surface area contributed by atoms with Gasteiger partial charge in [0.25, 0.3) is 0 Å². The lowest BCUT2D eigenvalue weighted by molar-refractivity contribution is -0.145. The quantitative estimate of drug-likeness (QED) is 0.215. The first-order valence-corrected chi connectivity index (χ1v) is 10.7. The number of benzene rings is 3. The molecular weight excluding hydrogens is 476 g/mol. The average molecular weight is 495 g/mol. The Morgan fingerprint density at radius 2 is 1.66 bits per heavy atom. The zero-order valence-electron chi connectivity index (χ0n) is 17.2. The standard InChI is InChI=1S/C25H19BrO6/c1-2-29-23(27)15-30-21-13-12-20-19(24(21)26)14-22(32-20)25(28)16-8-10-18(11-9-16)31-17-6-4-3-5-7-17/h3-14H,2,15H2,1H3. The average Bonchev–Trinajstić information content (AvgIpc) is 3.25. The summed E-state index contributed by atoms with van der Waals surface area (Å²) in [5.74, 6) is 1.28. The van der Waals surface area contributed by atoms with Crippen LogP contribution in [0.4, 0.5) is 0 Å². The maximum absolute atomic E-state index is 12.9. The van der Waals surface area contributed by atoms with E-state index < -0.39 is 5.97 Å². The summed E-state index contributed by atoms with van der Waals surface area (Å²) in [7, 11) is 0. The van der Waals surface area contributed by atoms with Gasteiger partial charge in [-0.05, 0) is 77.5 Å². The number of hydrogen-bond donors (Lipinski definition) is 0. The molecule has 0 spiro atoms. The van der Waals surface area contributed by atoms with Crippen molar-refractivity contribution in [1.29, 1.82) is 0 Å². The third kappa shape index (κ3) is 4.84. The van der Waals surface area contributed by atoms with E-state index in [1.807, 2.05) is 30.3 Å². The van der Waals surface area contributed by atoms with Crippen molar-refractivity contribution in [3.8, 4) is 17.2 Å². The van der Waals surface area contributed by atoms with E-state index >= 15 is 0 Å². The highest BCUT2D eigenvalue weighted by atomic mass is 79.9. The van der Waals surface area contributed by atoms with Gasteiger partial charge in [-0.15, -0.1) is 0 Å². The molecule has 0 atom stereocenters. The Kier molecular flexibility index (Phi) is 6.56. The number of ketones is 1. The molecule has 7 heteroatoms. The zero-order chi connectivity index (χ0) is 22.5. The topological polar surface area (TPSA) is 75.0 Å². The fraction of sp³-hybridized carbons (Fsp3) is 0.120. The molecule has 1 heterocycles. The first-order chi connectivity index (χ1) is 15.5. The molecule has 32 heavy (non-hydrogen) atoms. The summed E-state index contributed by atoms with van der Waals surface area (Å²) in [4.78, 5) is 24.5. The molecule has 0 N–H and O–H groups in total. The van der Waals surface area contributed by atoms with Crippen LogP contribution in [0.3, 0.4) is 0 Å². The molecule has 4 rings (SSSR count). The molecule has 0 saturated carbocycles. The SMILES string of the molecule is CCOC(=O)COc1ccc2oc(C(=O)c3ccc(Oc4ccccc4)cc3)cc2c1Br. The van der Waals surface area contributed by atoms with E-state index in [0.29, 0.717) is 32.5 Å². The molecule has 0 aliphatic carbocycles. The van der Waals surface area contributed by atoms with Crippen LogP contribution in [0.1, 0.15) is 23.0 Å². The van der Waals surface area contributed by atoms with Crippen molar-refractivity contribution in [3.63, 3.8) is 0 Å². The van der Waals surface area contributed by atoms with E-state index in [-0.39, 0.29) is 24.8 Å². The Balaban J connectivity index is 1.51. The van der Waals surface area contributed by atoms with Crippen molar-refractivity contribution in [2.45, 2.75) is 6.92 Å². The molecule has 0 bridgehead atoms. The molecule has 3 aromatic carbocycles. The number of rotatable bonds is 8. The Morgan fingerprint density at radius 3 is 2.38 bits per heavy atom. The summed E-state index contributed by atoms with van der Waals surface area (Å²) in [6.45, 7) is 1.81. The molecule has 4 aromatic rings. The fourth-order valence-electron chi connectivity index (χ4n) is 3.06. The summed E-state index contributed by atoms with van der Waals surface area (Å²) >= 11 is 3.47. The number of esters is 1. The lowest BCUT2D eigenvalue weighted by atomic mass is 10.1. The normalized spacial score (nSPS) is 10.7. The predicted molar refractivity (Wildman–Crippen MR) is 122 cm³/mol. The second-order valence-electron chi connectivity index (χ2n) is 6.76. The monoisotopic (exact) mass is 494 g/mol. The molecule has 6 nitrogen and oxygen atoms in total. The van der Waals surface area contributed by atoms with Crippen molar-refractivity contribution in [2.75, 3.05) is 13.2 Å². The minimum absolute atomic E-state index is 0.194. The van der Waals surface area contributed by atoms with Crippen LogP contribution in [0.2, 0.25) is 0 Å². The maximum Gasteiger partial charge on any atom is 0.344 e. The third-order valence-corrected chi connectivity index (χ3v) is 5.39. The van der Waals surface area contributed by atoms with Crippen LogP contribution < -0.4 is 9.47 Å². The first kappa shape index (κ1) is 21.6. The van der Waals surface area contributed by atoms with Crippen molar-refractivity contribution in [1.82, 2.24) is 0 Å². The van der Waals surface area contributed by atoms with E-state index in [4.69, 9.17) is 18.6 Å². The third-order valence-electron chi connectivity index (χ3n) is 4.57. The van der Waals surface area contributed by atoms with Crippen molar-refractivity contribution in [2.24, 2.45) is 0 Å². The molecular formula is C25H19BrO6. The largest absolute Gasteiger partial charge is 0.481 e. The highest BCUT2D eigenvalue weighted by Gasteiger charge is 2.18. The van der Waals surface area contributed by atoms with Gasteiger partial charge in [0.2, 0.25) is 5.78 Å². The number of para-hydroxylation sites is 1. The smallest absolute Gasteiger partial charge is 0.344 e. The van der Waals surface area contributed by atoms with E-state index in [2.05, 4.69) is 15.9 Å². The summed E-state index contributed by atoms with van der Waals surface area (Å²) in [5, 5.41) is 0.665. The van der Waals surface area contributed by atoms with Gasteiger partial charge in [0.05, 0.1) is 11.1 Å². The van der Waals surface area contributed by atoms with Crippen LogP contribution in [-0.2, 0) is 9.53 Å². The number of hydrogen-bond acceptors (Lipinski definition) is 6. The number of furan rings is 1. The van der Waals surface area contributed by atoms with E-state index in [0.717, 1.165) is 5.75 Å². The van der Waals surface area contributed by atoms with Gasteiger partial charge in [0, 0.05) is 10.9 Å².